The molecule has 11 aliphatic rings. The third-order valence-corrected chi connectivity index (χ3v) is 20.9. The van der Waals surface area contributed by atoms with Gasteiger partial charge >= 0.3 is 0 Å². The molecular weight excluding hydrogens is 1190 g/mol. The second kappa shape index (κ2) is 49.8. The van der Waals surface area contributed by atoms with Crippen LogP contribution < -0.4 is 0 Å². The van der Waals surface area contributed by atoms with E-state index in [-0.39, 0.29) is 50.3 Å². The Morgan fingerprint density at radius 2 is 0.585 bits per heavy atom. The van der Waals surface area contributed by atoms with Crippen molar-refractivity contribution in [2.75, 3.05) is 39.6 Å². The summed E-state index contributed by atoms with van der Waals surface area (Å²) in [6.07, 6.45) is 34.1. The van der Waals surface area contributed by atoms with Gasteiger partial charge in [0.15, 0.2) is 12.6 Å². The van der Waals surface area contributed by atoms with Crippen LogP contribution in [0, 0.1) is 82.9 Å². The van der Waals surface area contributed by atoms with Crippen LogP contribution in [0.25, 0.3) is 0 Å². The highest BCUT2D eigenvalue weighted by atomic mass is 19.3. The summed E-state index contributed by atoms with van der Waals surface area (Å²) in [5.74, 6) is 2.91. The molecule has 4 saturated heterocycles. The summed E-state index contributed by atoms with van der Waals surface area (Å²) in [5.41, 5.74) is 5.10. The van der Waals surface area contributed by atoms with Crippen LogP contribution in [0.3, 0.4) is 0 Å². The van der Waals surface area contributed by atoms with E-state index in [0.29, 0.717) is 61.6 Å². The van der Waals surface area contributed by atoms with Crippen LogP contribution in [0.1, 0.15) is 321 Å². The van der Waals surface area contributed by atoms with Gasteiger partial charge < -0.3 is 28.4 Å². The van der Waals surface area contributed by atoms with Gasteiger partial charge in [0.25, 0.3) is 11.8 Å². The van der Waals surface area contributed by atoms with Crippen LogP contribution in [0.2, 0.25) is 0 Å². The van der Waals surface area contributed by atoms with Gasteiger partial charge in [-0.15, -0.1) is 0 Å². The number of rotatable bonds is 0. The summed E-state index contributed by atoms with van der Waals surface area (Å²) in [7, 11) is 0. The first-order valence-electron chi connectivity index (χ1n) is 38.4. The minimum atomic E-state index is -2.39. The fourth-order valence-corrected chi connectivity index (χ4v) is 12.4. The third kappa shape index (κ3) is 45.1. The van der Waals surface area contributed by atoms with Crippen LogP contribution in [-0.4, -0.2) is 76.3 Å². The van der Waals surface area contributed by atoms with Crippen molar-refractivity contribution in [2.45, 2.75) is 356 Å². The Morgan fingerprint density at radius 3 is 0.787 bits per heavy atom. The maximum Gasteiger partial charge on any atom is 0.250 e. The van der Waals surface area contributed by atoms with Gasteiger partial charge in [0.05, 0.1) is 50.3 Å². The minimum absolute atomic E-state index is 0. The van der Waals surface area contributed by atoms with E-state index in [0.717, 1.165) is 112 Å². The Morgan fingerprint density at radius 1 is 0.309 bits per heavy atom. The van der Waals surface area contributed by atoms with Crippen molar-refractivity contribution in [3.05, 3.63) is 46.1 Å². The number of halogens is 6. The Balaban J connectivity index is 0.00000102. The lowest BCUT2D eigenvalue weighted by Gasteiger charge is -2.32. The summed E-state index contributed by atoms with van der Waals surface area (Å²) in [4.78, 5) is 0. The smallest absolute Gasteiger partial charge is 0.250 e. The van der Waals surface area contributed by atoms with E-state index in [1.54, 1.807) is 25.0 Å². The quantitative estimate of drug-likeness (QED) is 0.178. The molecule has 0 radical (unpaired) electrons. The molecule has 0 aromatic carbocycles. The summed E-state index contributed by atoms with van der Waals surface area (Å²) < 4.78 is 108. The molecule has 4 aliphatic heterocycles. The van der Waals surface area contributed by atoms with Crippen molar-refractivity contribution in [3.8, 4) is 0 Å². The molecule has 11 rings (SSSR count). The molecule has 12 heteroatoms. The van der Waals surface area contributed by atoms with Gasteiger partial charge in [-0.1, -0.05) is 159 Å². The number of hydrogen-bond acceptors (Lipinski definition) is 6. The van der Waals surface area contributed by atoms with E-state index in [1.807, 2.05) is 41.5 Å². The average Bonchev–Trinajstić information content (AvgIpc) is 1.16. The van der Waals surface area contributed by atoms with Crippen molar-refractivity contribution in [1.29, 1.82) is 0 Å². The first kappa shape index (κ1) is 90.3. The van der Waals surface area contributed by atoms with Crippen molar-refractivity contribution in [2.24, 2.45) is 82.9 Å². The van der Waals surface area contributed by atoms with Crippen molar-refractivity contribution in [1.82, 2.24) is 0 Å². The van der Waals surface area contributed by atoms with Crippen molar-refractivity contribution in [3.63, 3.8) is 0 Å². The maximum absolute atomic E-state index is 12.8. The average molecular weight is 1350 g/mol. The summed E-state index contributed by atoms with van der Waals surface area (Å²) in [6, 6.07) is 0. The summed E-state index contributed by atoms with van der Waals surface area (Å²) in [5, 5.41) is 0. The Bertz CT molecular complexity index is 1770. The highest BCUT2D eigenvalue weighted by molar-refractivity contribution is 5.09. The Labute approximate surface area is 578 Å². The normalized spacial score (nSPS) is 36.0. The molecule has 6 nitrogen and oxygen atoms in total. The predicted molar refractivity (Wildman–Crippen MR) is 389 cm³/mol. The Kier molecular flexibility index (Phi) is 47.8. The SMILES string of the molecule is CC1=C(F)CC(C)CC1.CC1=C(F)CC(C)CC1.CC1=CCC(C)CC1.CC1=CCC(C)CC1.CC1CCC(C)C(F)(F)C1.CC1CCC(C)C(F)(F)C1.CC1CCC(C)CC1.CC1CCC(C)OC1.CC1CCC(C)OC1.CC1COC(C)OC1.CC1COC(C)OC1.[HH]. The van der Waals surface area contributed by atoms with Crippen LogP contribution in [0.4, 0.5) is 26.3 Å². The fraction of sp³-hybridized carbons (Fsp3) is 0.902. The second-order valence-electron chi connectivity index (χ2n) is 32.7. The molecule has 12 atom stereocenters. The van der Waals surface area contributed by atoms with E-state index in [2.05, 4.69) is 109 Å². The molecule has 0 spiro atoms. The highest BCUT2D eigenvalue weighted by Gasteiger charge is 2.42. The number of allylic oxidation sites excluding steroid dienone is 8. The van der Waals surface area contributed by atoms with Crippen molar-refractivity contribution >= 4 is 0 Å². The molecule has 7 fully saturated rings. The maximum atomic E-state index is 12.8. The number of alkyl halides is 4. The van der Waals surface area contributed by atoms with Crippen LogP contribution in [-0.2, 0) is 28.4 Å². The number of hydrogen-bond donors (Lipinski definition) is 0. The summed E-state index contributed by atoms with van der Waals surface area (Å²) in [6.45, 7) is 51.1. The third-order valence-electron chi connectivity index (χ3n) is 20.9. The van der Waals surface area contributed by atoms with E-state index in [4.69, 9.17) is 28.4 Å². The monoisotopic (exact) mass is 1350 g/mol. The molecule has 12 unspecified atom stereocenters. The molecule has 558 valence electrons. The van der Waals surface area contributed by atoms with Gasteiger partial charge in [-0.25, -0.2) is 26.3 Å². The zero-order valence-corrected chi connectivity index (χ0v) is 64.9. The standard InChI is InChI=1S/2C8H14F2.2C8H13F.C8H16.2C8H14.2C7H14O.2C6H12O2.H2/c2*1-6-3-4-7(2)8(9,10)5-6;2*1-6-3-4-7(2)8(9)5-6;3*1-7-3-5-8(2)6-4-7;2*1-6-3-4-7(2)8-5-6;2*1-5-3-7-6(2)8-4-5;/h2*6-7H,3-5H2,1-2H3;2*6H,3-5H2,1-2H3;7-8H,3-6H2,1-2H3;2*3,8H,4-6H2,1-2H3;2*6-7H,3-5H2,1-2H3;2*5-6H,3-4H2,1-2H3;1H. The topological polar surface area (TPSA) is 55.4 Å². The molecule has 4 heterocycles. The molecule has 7 aliphatic carbocycles. The largest absolute Gasteiger partial charge is 0.378 e. The molecule has 3 saturated carbocycles. The lowest BCUT2D eigenvalue weighted by Crippen LogP contribution is -2.32. The lowest BCUT2D eigenvalue weighted by molar-refractivity contribution is -0.187. The van der Waals surface area contributed by atoms with Gasteiger partial charge in [0.2, 0.25) is 0 Å². The molecular formula is C82H152F6O6. The lowest BCUT2D eigenvalue weighted by atomic mass is 9.81. The van der Waals surface area contributed by atoms with Gasteiger partial charge in [-0.2, -0.15) is 0 Å². The number of ether oxygens (including phenoxy) is 6. The van der Waals surface area contributed by atoms with E-state index < -0.39 is 23.7 Å². The highest BCUT2D eigenvalue weighted by Crippen LogP contribution is 2.42. The van der Waals surface area contributed by atoms with Gasteiger partial charge in [-0.3, -0.25) is 0 Å². The van der Waals surface area contributed by atoms with Crippen LogP contribution in [0.5, 0.6) is 0 Å². The molecule has 0 bridgehead atoms. The summed E-state index contributed by atoms with van der Waals surface area (Å²) >= 11 is 0. The van der Waals surface area contributed by atoms with Crippen LogP contribution in [0.15, 0.2) is 46.1 Å². The predicted octanol–water partition coefficient (Wildman–Crippen LogP) is 26.5. The van der Waals surface area contributed by atoms with Gasteiger partial charge in [0, 0.05) is 64.0 Å². The van der Waals surface area contributed by atoms with E-state index in [9.17, 15) is 26.3 Å². The van der Waals surface area contributed by atoms with Crippen LogP contribution >= 0.6 is 0 Å². The second-order valence-corrected chi connectivity index (χ2v) is 32.7. The molecule has 0 aromatic rings. The zero-order valence-electron chi connectivity index (χ0n) is 64.9. The zero-order chi connectivity index (χ0) is 71.1. The fourth-order valence-electron chi connectivity index (χ4n) is 12.4. The minimum Gasteiger partial charge on any atom is -0.378 e. The first-order valence-corrected chi connectivity index (χ1v) is 38.4. The molecule has 0 N–H and O–H groups in total. The van der Waals surface area contributed by atoms with Gasteiger partial charge in [-0.05, 0) is 228 Å². The van der Waals surface area contributed by atoms with Crippen molar-refractivity contribution < 1.29 is 56.2 Å². The molecule has 94 heavy (non-hydrogen) atoms. The molecule has 0 amide bonds. The van der Waals surface area contributed by atoms with E-state index >= 15 is 0 Å². The van der Waals surface area contributed by atoms with E-state index in [1.165, 1.54) is 103 Å². The Hall–Kier alpha value is -1.70. The first-order chi connectivity index (χ1) is 44.0. The van der Waals surface area contributed by atoms with Gasteiger partial charge in [0.1, 0.15) is 0 Å². The molecule has 0 aromatic heterocycles.